The van der Waals surface area contributed by atoms with Crippen LogP contribution >= 0.6 is 11.6 Å². The number of anilines is 1. The number of alkyl halides is 3. The second kappa shape index (κ2) is 7.96. The highest BCUT2D eigenvalue weighted by molar-refractivity contribution is 7.92. The third kappa shape index (κ3) is 5.14. The maximum Gasteiger partial charge on any atom is 0.422 e. The summed E-state index contributed by atoms with van der Waals surface area (Å²) in [6.07, 6.45) is -3.93. The van der Waals surface area contributed by atoms with Crippen molar-refractivity contribution in [1.29, 1.82) is 0 Å². The van der Waals surface area contributed by atoms with Gasteiger partial charge in [-0.25, -0.2) is 8.42 Å². The van der Waals surface area contributed by atoms with Crippen LogP contribution in [-0.2, 0) is 10.0 Å². The van der Waals surface area contributed by atoms with Gasteiger partial charge < -0.3 is 14.2 Å². The molecule has 0 aliphatic carbocycles. The third-order valence-corrected chi connectivity index (χ3v) is 5.20. The molecule has 0 aromatic heterocycles. The van der Waals surface area contributed by atoms with Gasteiger partial charge in [0.25, 0.3) is 10.0 Å². The molecule has 152 valence electrons. The molecule has 1 heterocycles. The molecule has 1 aliphatic heterocycles. The lowest BCUT2D eigenvalue weighted by atomic mass is 10.3. The number of sulfonamides is 1. The SMILES string of the molecule is O=S(=O)(Nc1cc(Cl)ccc1OCC(F)(F)F)c1ccc2c(c1)OCCCO2. The summed E-state index contributed by atoms with van der Waals surface area (Å²) >= 11 is 5.85. The van der Waals surface area contributed by atoms with E-state index in [1.54, 1.807) is 0 Å². The molecule has 0 bridgehead atoms. The number of halogens is 4. The van der Waals surface area contributed by atoms with Crippen molar-refractivity contribution in [2.45, 2.75) is 17.5 Å². The van der Waals surface area contributed by atoms with Crippen LogP contribution in [0.4, 0.5) is 18.9 Å². The van der Waals surface area contributed by atoms with E-state index in [0.717, 1.165) is 12.1 Å². The number of rotatable bonds is 5. The van der Waals surface area contributed by atoms with Crippen molar-refractivity contribution < 1.29 is 35.8 Å². The van der Waals surface area contributed by atoms with Crippen LogP contribution in [0.15, 0.2) is 41.3 Å². The van der Waals surface area contributed by atoms with Crippen LogP contribution in [0.5, 0.6) is 17.2 Å². The lowest BCUT2D eigenvalue weighted by Crippen LogP contribution is -2.20. The van der Waals surface area contributed by atoms with Crippen LogP contribution in [0.3, 0.4) is 0 Å². The number of hydrogen-bond acceptors (Lipinski definition) is 5. The van der Waals surface area contributed by atoms with Crippen molar-refractivity contribution in [1.82, 2.24) is 0 Å². The average molecular weight is 438 g/mol. The Morgan fingerprint density at radius 1 is 1.07 bits per heavy atom. The first-order valence-corrected chi connectivity index (χ1v) is 9.92. The van der Waals surface area contributed by atoms with Gasteiger partial charge in [-0.05, 0) is 30.3 Å². The fourth-order valence-electron chi connectivity index (χ4n) is 2.38. The second-order valence-corrected chi connectivity index (χ2v) is 7.93. The van der Waals surface area contributed by atoms with E-state index in [4.69, 9.17) is 25.8 Å². The summed E-state index contributed by atoms with van der Waals surface area (Å²) < 4.78 is 80.5. The van der Waals surface area contributed by atoms with Gasteiger partial charge in [0.05, 0.1) is 23.8 Å². The molecule has 0 spiro atoms. The fraction of sp³-hybridized carbons (Fsp3) is 0.294. The van der Waals surface area contributed by atoms with Gasteiger partial charge in [-0.15, -0.1) is 0 Å². The van der Waals surface area contributed by atoms with Gasteiger partial charge in [-0.1, -0.05) is 11.6 Å². The van der Waals surface area contributed by atoms with E-state index >= 15 is 0 Å². The minimum Gasteiger partial charge on any atom is -0.490 e. The molecule has 3 rings (SSSR count). The zero-order valence-electron chi connectivity index (χ0n) is 14.3. The molecule has 0 radical (unpaired) electrons. The molecular formula is C17H15ClF3NO5S. The zero-order chi connectivity index (χ0) is 20.4. The molecule has 0 unspecified atom stereocenters. The quantitative estimate of drug-likeness (QED) is 0.757. The lowest BCUT2D eigenvalue weighted by molar-refractivity contribution is -0.153. The van der Waals surface area contributed by atoms with E-state index in [0.29, 0.717) is 25.4 Å². The van der Waals surface area contributed by atoms with Gasteiger partial charge in [0.1, 0.15) is 5.75 Å². The highest BCUT2D eigenvalue weighted by atomic mass is 35.5. The molecule has 11 heteroatoms. The molecule has 0 atom stereocenters. The van der Waals surface area contributed by atoms with E-state index in [1.807, 2.05) is 0 Å². The molecule has 6 nitrogen and oxygen atoms in total. The molecule has 0 saturated heterocycles. The minimum absolute atomic E-state index is 0.121. The van der Waals surface area contributed by atoms with Crippen molar-refractivity contribution in [3.63, 3.8) is 0 Å². The Kier molecular flexibility index (Phi) is 5.80. The number of ether oxygens (including phenoxy) is 3. The normalized spacial score (nSPS) is 14.3. The highest BCUT2D eigenvalue weighted by Crippen LogP contribution is 2.35. The van der Waals surface area contributed by atoms with Crippen molar-refractivity contribution in [3.05, 3.63) is 41.4 Å². The summed E-state index contributed by atoms with van der Waals surface area (Å²) in [6, 6.07) is 7.64. The first-order chi connectivity index (χ1) is 13.1. The molecule has 2 aromatic carbocycles. The minimum atomic E-state index is -4.58. The molecule has 0 fully saturated rings. The maximum atomic E-state index is 12.7. The van der Waals surface area contributed by atoms with Gasteiger partial charge in [-0.2, -0.15) is 13.2 Å². The monoisotopic (exact) mass is 437 g/mol. The molecule has 1 N–H and O–H groups in total. The van der Waals surface area contributed by atoms with Gasteiger partial charge >= 0.3 is 6.18 Å². The summed E-state index contributed by atoms with van der Waals surface area (Å²) in [5.41, 5.74) is -0.219. The summed E-state index contributed by atoms with van der Waals surface area (Å²) in [5, 5.41) is 0.121. The zero-order valence-corrected chi connectivity index (χ0v) is 15.8. The van der Waals surface area contributed by atoms with Crippen LogP contribution in [-0.4, -0.2) is 34.4 Å². The van der Waals surface area contributed by atoms with Crippen LogP contribution < -0.4 is 18.9 Å². The van der Waals surface area contributed by atoms with Crippen molar-refractivity contribution in [2.75, 3.05) is 24.5 Å². The molecule has 1 aliphatic rings. The van der Waals surface area contributed by atoms with E-state index in [2.05, 4.69) is 4.72 Å². The molecule has 0 saturated carbocycles. The van der Waals surface area contributed by atoms with Gasteiger partial charge in [0.2, 0.25) is 0 Å². The Bertz CT molecular complexity index is 966. The Labute approximate surface area is 164 Å². The first-order valence-electron chi connectivity index (χ1n) is 8.06. The van der Waals surface area contributed by atoms with Crippen molar-refractivity contribution in [2.24, 2.45) is 0 Å². The van der Waals surface area contributed by atoms with E-state index < -0.39 is 22.8 Å². The van der Waals surface area contributed by atoms with E-state index in [9.17, 15) is 21.6 Å². The van der Waals surface area contributed by atoms with Crippen molar-refractivity contribution >= 4 is 27.3 Å². The van der Waals surface area contributed by atoms with Gasteiger partial charge in [0.15, 0.2) is 18.1 Å². The Morgan fingerprint density at radius 3 is 2.50 bits per heavy atom. The molecule has 0 amide bonds. The Balaban J connectivity index is 1.88. The highest BCUT2D eigenvalue weighted by Gasteiger charge is 2.29. The summed E-state index contributed by atoms with van der Waals surface area (Å²) in [6.45, 7) is -0.763. The standard InChI is InChI=1S/C17H15ClF3NO5S/c18-11-2-4-14(27-10-17(19,20)21)13(8-11)22-28(23,24)12-3-5-15-16(9-12)26-7-1-6-25-15/h2-5,8-9,22H,1,6-7,10H2. The van der Waals surface area contributed by atoms with Gasteiger partial charge in [0, 0.05) is 17.5 Å². The predicted octanol–water partition coefficient (Wildman–Crippen LogP) is 4.24. The lowest BCUT2D eigenvalue weighted by Gasteiger charge is -2.16. The predicted molar refractivity (Wildman–Crippen MR) is 95.9 cm³/mol. The first kappa shape index (κ1) is 20.4. The molecule has 28 heavy (non-hydrogen) atoms. The smallest absolute Gasteiger partial charge is 0.422 e. The fourth-order valence-corrected chi connectivity index (χ4v) is 3.63. The summed E-state index contributed by atoms with van der Waals surface area (Å²) in [7, 11) is -4.16. The van der Waals surface area contributed by atoms with Crippen molar-refractivity contribution in [3.8, 4) is 17.2 Å². The largest absolute Gasteiger partial charge is 0.490 e. The Hall–Kier alpha value is -2.33. The topological polar surface area (TPSA) is 73.9 Å². The second-order valence-electron chi connectivity index (χ2n) is 5.81. The van der Waals surface area contributed by atoms with Crippen LogP contribution in [0.25, 0.3) is 0 Å². The maximum absolute atomic E-state index is 12.7. The summed E-state index contributed by atoms with van der Waals surface area (Å²) in [5.74, 6) is 0.369. The number of nitrogens with one attached hydrogen (secondary N) is 1. The van der Waals surface area contributed by atoms with Crippen LogP contribution in [0.1, 0.15) is 6.42 Å². The number of fused-ring (bicyclic) bond motifs is 1. The Morgan fingerprint density at radius 2 is 1.79 bits per heavy atom. The van der Waals surface area contributed by atoms with E-state index in [1.165, 1.54) is 24.3 Å². The number of hydrogen-bond donors (Lipinski definition) is 1. The molecule has 2 aromatic rings. The van der Waals surface area contributed by atoms with Gasteiger partial charge in [-0.3, -0.25) is 4.72 Å². The number of benzene rings is 2. The van der Waals surface area contributed by atoms with Crippen LogP contribution in [0.2, 0.25) is 5.02 Å². The molecular weight excluding hydrogens is 423 g/mol. The third-order valence-electron chi connectivity index (χ3n) is 3.61. The average Bonchev–Trinajstić information content (AvgIpc) is 2.84. The van der Waals surface area contributed by atoms with Crippen LogP contribution in [0, 0.1) is 0 Å². The summed E-state index contributed by atoms with van der Waals surface area (Å²) in [4.78, 5) is -0.154. The van der Waals surface area contributed by atoms with E-state index in [-0.39, 0.29) is 27.1 Å².